The maximum atomic E-state index is 6.14. The molecule has 1 saturated carbocycles. The summed E-state index contributed by atoms with van der Waals surface area (Å²) >= 11 is 9.61. The molecule has 0 bridgehead atoms. The third-order valence-electron chi connectivity index (χ3n) is 2.92. The summed E-state index contributed by atoms with van der Waals surface area (Å²) in [6, 6.07) is 6.04. The molecule has 14 heavy (non-hydrogen) atoms. The van der Waals surface area contributed by atoms with E-state index in [2.05, 4.69) is 27.3 Å². The Morgan fingerprint density at radius 2 is 2.21 bits per heavy atom. The van der Waals surface area contributed by atoms with Crippen LogP contribution in [0.4, 0.5) is 0 Å². The van der Waals surface area contributed by atoms with Gasteiger partial charge in [-0.1, -0.05) is 27.5 Å². The van der Waals surface area contributed by atoms with Crippen molar-refractivity contribution in [3.05, 3.63) is 33.3 Å². The number of halogens is 2. The lowest BCUT2D eigenvalue weighted by Gasteiger charge is -2.15. The lowest BCUT2D eigenvalue weighted by atomic mass is 10.0. The first-order valence-corrected chi connectivity index (χ1v) is 5.95. The lowest BCUT2D eigenvalue weighted by Crippen LogP contribution is -2.29. The molecule has 1 aliphatic rings. The van der Waals surface area contributed by atoms with Crippen molar-refractivity contribution in [1.82, 2.24) is 5.32 Å². The summed E-state index contributed by atoms with van der Waals surface area (Å²) in [5.41, 5.74) is 1.55. The average Bonchev–Trinajstić information content (AvgIpc) is 2.92. The van der Waals surface area contributed by atoms with Gasteiger partial charge in [0.2, 0.25) is 0 Å². The average molecular weight is 275 g/mol. The number of likely N-dealkylation sites (N-methyl/N-ethyl adjacent to an activating group) is 1. The van der Waals surface area contributed by atoms with E-state index in [-0.39, 0.29) is 0 Å². The van der Waals surface area contributed by atoms with Gasteiger partial charge in [0.25, 0.3) is 0 Å². The van der Waals surface area contributed by atoms with E-state index >= 15 is 0 Å². The van der Waals surface area contributed by atoms with E-state index in [1.807, 2.05) is 19.2 Å². The van der Waals surface area contributed by atoms with Gasteiger partial charge in [-0.25, -0.2) is 0 Å². The molecule has 0 aromatic heterocycles. The number of hydrogen-bond acceptors (Lipinski definition) is 1. The molecule has 0 saturated heterocycles. The molecule has 0 unspecified atom stereocenters. The molecule has 1 fully saturated rings. The zero-order chi connectivity index (χ0) is 10.2. The Morgan fingerprint density at radius 1 is 1.50 bits per heavy atom. The van der Waals surface area contributed by atoms with Crippen LogP contribution >= 0.6 is 27.5 Å². The molecule has 0 amide bonds. The predicted octanol–water partition coefficient (Wildman–Crippen LogP) is 3.40. The van der Waals surface area contributed by atoms with Crippen molar-refractivity contribution in [2.45, 2.75) is 24.8 Å². The number of rotatable bonds is 3. The predicted molar refractivity (Wildman–Crippen MR) is 63.9 cm³/mol. The molecule has 1 N–H and O–H groups in total. The topological polar surface area (TPSA) is 12.0 Å². The zero-order valence-corrected chi connectivity index (χ0v) is 10.5. The van der Waals surface area contributed by atoms with Crippen LogP contribution in [0.1, 0.15) is 18.4 Å². The third kappa shape index (κ3) is 2.13. The van der Waals surface area contributed by atoms with Crippen LogP contribution in [0, 0.1) is 0 Å². The fourth-order valence-corrected chi connectivity index (χ4v) is 2.30. The summed E-state index contributed by atoms with van der Waals surface area (Å²) in [6.07, 6.45) is 3.54. The Bertz CT molecular complexity index is 347. The Labute approximate surface area is 98.0 Å². The van der Waals surface area contributed by atoms with E-state index in [0.29, 0.717) is 5.54 Å². The molecule has 0 heterocycles. The third-order valence-corrected chi connectivity index (χ3v) is 3.78. The summed E-state index contributed by atoms with van der Waals surface area (Å²) in [5.74, 6) is 0. The quantitative estimate of drug-likeness (QED) is 0.891. The van der Waals surface area contributed by atoms with Crippen molar-refractivity contribution in [3.63, 3.8) is 0 Å². The normalized spacial score (nSPS) is 18.2. The SMILES string of the molecule is CNC1(Cc2cc(Br)ccc2Cl)CC1. The van der Waals surface area contributed by atoms with Gasteiger partial charge in [-0.15, -0.1) is 0 Å². The van der Waals surface area contributed by atoms with Crippen LogP contribution in [-0.2, 0) is 6.42 Å². The standard InChI is InChI=1S/C11H13BrClN/c1-14-11(4-5-11)7-8-6-9(12)2-3-10(8)13/h2-3,6,14H,4-5,7H2,1H3. The lowest BCUT2D eigenvalue weighted by molar-refractivity contribution is 0.549. The minimum Gasteiger partial charge on any atom is -0.314 e. The minimum absolute atomic E-state index is 0.324. The number of nitrogens with one attached hydrogen (secondary N) is 1. The van der Waals surface area contributed by atoms with Crippen molar-refractivity contribution in [3.8, 4) is 0 Å². The molecule has 0 atom stereocenters. The van der Waals surface area contributed by atoms with Crippen LogP contribution in [-0.4, -0.2) is 12.6 Å². The smallest absolute Gasteiger partial charge is 0.0439 e. The summed E-state index contributed by atoms with van der Waals surface area (Å²) in [6.45, 7) is 0. The van der Waals surface area contributed by atoms with Gasteiger partial charge in [0.05, 0.1) is 0 Å². The molecular formula is C11H13BrClN. The highest BCUT2D eigenvalue weighted by atomic mass is 79.9. The second-order valence-corrected chi connectivity index (χ2v) is 5.27. The maximum absolute atomic E-state index is 6.14. The molecule has 76 valence electrons. The first kappa shape index (κ1) is 10.5. The first-order valence-electron chi connectivity index (χ1n) is 4.78. The summed E-state index contributed by atoms with van der Waals surface area (Å²) < 4.78 is 1.10. The molecule has 1 aromatic carbocycles. The number of hydrogen-bond donors (Lipinski definition) is 1. The zero-order valence-electron chi connectivity index (χ0n) is 8.11. The monoisotopic (exact) mass is 273 g/mol. The highest BCUT2D eigenvalue weighted by Gasteiger charge is 2.41. The van der Waals surface area contributed by atoms with Crippen LogP contribution in [0.15, 0.2) is 22.7 Å². The van der Waals surface area contributed by atoms with E-state index in [9.17, 15) is 0 Å². The number of benzene rings is 1. The van der Waals surface area contributed by atoms with Crippen molar-refractivity contribution in [2.75, 3.05) is 7.05 Å². The van der Waals surface area contributed by atoms with Crippen LogP contribution in [0.5, 0.6) is 0 Å². The van der Waals surface area contributed by atoms with Gasteiger partial charge in [0.1, 0.15) is 0 Å². The Kier molecular flexibility index (Phi) is 2.87. The van der Waals surface area contributed by atoms with Gasteiger partial charge in [-0.2, -0.15) is 0 Å². The molecule has 1 nitrogen and oxygen atoms in total. The van der Waals surface area contributed by atoms with Crippen LogP contribution < -0.4 is 5.32 Å². The van der Waals surface area contributed by atoms with E-state index in [0.717, 1.165) is 15.9 Å². The van der Waals surface area contributed by atoms with E-state index in [1.54, 1.807) is 0 Å². The molecule has 3 heteroatoms. The van der Waals surface area contributed by atoms with Gasteiger partial charge in [-0.05, 0) is 50.1 Å². The van der Waals surface area contributed by atoms with Crippen LogP contribution in [0.25, 0.3) is 0 Å². The van der Waals surface area contributed by atoms with E-state index in [4.69, 9.17) is 11.6 Å². The van der Waals surface area contributed by atoms with Crippen molar-refractivity contribution >= 4 is 27.5 Å². The van der Waals surface area contributed by atoms with Crippen LogP contribution in [0.3, 0.4) is 0 Å². The van der Waals surface area contributed by atoms with Gasteiger partial charge < -0.3 is 5.32 Å². The summed E-state index contributed by atoms with van der Waals surface area (Å²) in [4.78, 5) is 0. The molecular weight excluding hydrogens is 261 g/mol. The fourth-order valence-electron chi connectivity index (χ4n) is 1.71. The highest BCUT2D eigenvalue weighted by Crippen LogP contribution is 2.39. The molecule has 1 aliphatic carbocycles. The van der Waals surface area contributed by atoms with Gasteiger partial charge >= 0.3 is 0 Å². The molecule has 1 aromatic rings. The van der Waals surface area contributed by atoms with Crippen molar-refractivity contribution < 1.29 is 0 Å². The fraction of sp³-hybridized carbons (Fsp3) is 0.455. The van der Waals surface area contributed by atoms with E-state index in [1.165, 1.54) is 18.4 Å². The Hall–Kier alpha value is -0.0500. The van der Waals surface area contributed by atoms with Gasteiger partial charge in [0.15, 0.2) is 0 Å². The van der Waals surface area contributed by atoms with Crippen molar-refractivity contribution in [2.24, 2.45) is 0 Å². The molecule has 0 aliphatic heterocycles. The van der Waals surface area contributed by atoms with Gasteiger partial charge in [-0.3, -0.25) is 0 Å². The summed E-state index contributed by atoms with van der Waals surface area (Å²) in [5, 5.41) is 4.24. The highest BCUT2D eigenvalue weighted by molar-refractivity contribution is 9.10. The minimum atomic E-state index is 0.324. The summed E-state index contributed by atoms with van der Waals surface area (Å²) in [7, 11) is 2.03. The van der Waals surface area contributed by atoms with Crippen LogP contribution in [0.2, 0.25) is 5.02 Å². The van der Waals surface area contributed by atoms with Crippen molar-refractivity contribution in [1.29, 1.82) is 0 Å². The maximum Gasteiger partial charge on any atom is 0.0439 e. The van der Waals surface area contributed by atoms with Gasteiger partial charge in [0, 0.05) is 15.0 Å². The second kappa shape index (κ2) is 3.84. The Morgan fingerprint density at radius 3 is 2.79 bits per heavy atom. The first-order chi connectivity index (χ1) is 6.65. The second-order valence-electron chi connectivity index (χ2n) is 3.94. The molecule has 0 radical (unpaired) electrons. The Balaban J connectivity index is 2.20. The van der Waals surface area contributed by atoms with E-state index < -0.39 is 0 Å². The largest absolute Gasteiger partial charge is 0.314 e. The molecule has 2 rings (SSSR count). The molecule has 0 spiro atoms.